The summed E-state index contributed by atoms with van der Waals surface area (Å²) in [6, 6.07) is 8.52. The lowest BCUT2D eigenvalue weighted by Crippen LogP contribution is -2.34. The van der Waals surface area contributed by atoms with Gasteiger partial charge in [0.15, 0.2) is 5.11 Å². The minimum Gasteiger partial charge on any atom is -0.497 e. The van der Waals surface area contributed by atoms with Gasteiger partial charge in [-0.1, -0.05) is 0 Å². The topological polar surface area (TPSA) is 24.5 Å². The molecule has 0 amide bonds. The molecule has 25 heavy (non-hydrogen) atoms. The molecule has 0 aliphatic carbocycles. The summed E-state index contributed by atoms with van der Waals surface area (Å²) in [5.41, 5.74) is 0.560. The summed E-state index contributed by atoms with van der Waals surface area (Å²) in [6.45, 7) is 0.535. The van der Waals surface area contributed by atoms with Crippen LogP contribution in [0.2, 0.25) is 0 Å². The van der Waals surface area contributed by atoms with E-state index < -0.39 is 22.8 Å². The highest BCUT2D eigenvalue weighted by molar-refractivity contribution is 7.99. The maximum atomic E-state index is 14.1. The highest BCUT2D eigenvalue weighted by Crippen LogP contribution is 2.40. The van der Waals surface area contributed by atoms with Crippen LogP contribution in [0.25, 0.3) is 0 Å². The Bertz CT molecular complexity index is 763. The third-order valence-electron chi connectivity index (χ3n) is 3.78. The Kier molecular flexibility index (Phi) is 5.39. The predicted octanol–water partition coefficient (Wildman–Crippen LogP) is 4.56. The van der Waals surface area contributed by atoms with Crippen LogP contribution in [0, 0.1) is 17.5 Å². The lowest BCUT2D eigenvalue weighted by Gasteiger charge is -2.27. The van der Waals surface area contributed by atoms with Gasteiger partial charge in [-0.25, -0.2) is 13.2 Å². The molecule has 0 radical (unpaired) electrons. The van der Waals surface area contributed by atoms with Crippen molar-refractivity contribution in [2.24, 2.45) is 0 Å². The summed E-state index contributed by atoms with van der Waals surface area (Å²) in [4.78, 5) is 1.70. The second kappa shape index (κ2) is 7.53. The van der Waals surface area contributed by atoms with Crippen molar-refractivity contribution in [2.45, 2.75) is 5.37 Å². The molecule has 1 unspecified atom stereocenters. The minimum absolute atomic E-state index is 0.178. The number of halogens is 3. The highest BCUT2D eigenvalue weighted by atomic mass is 32.2. The summed E-state index contributed by atoms with van der Waals surface area (Å²) < 4.78 is 46.5. The molecule has 1 N–H and O–H groups in total. The van der Waals surface area contributed by atoms with E-state index in [0.717, 1.165) is 5.69 Å². The molecule has 2 aromatic rings. The van der Waals surface area contributed by atoms with E-state index in [2.05, 4.69) is 5.32 Å². The number of thioether (sulfide) groups is 1. The molecule has 132 valence electrons. The van der Waals surface area contributed by atoms with Crippen molar-refractivity contribution in [3.8, 4) is 5.75 Å². The van der Waals surface area contributed by atoms with Gasteiger partial charge in [-0.15, -0.1) is 11.8 Å². The van der Waals surface area contributed by atoms with Crippen molar-refractivity contribution in [2.75, 3.05) is 24.7 Å². The van der Waals surface area contributed by atoms with Crippen LogP contribution in [-0.4, -0.2) is 29.4 Å². The average Bonchev–Trinajstić information content (AvgIpc) is 3.04. The molecule has 0 spiro atoms. The molecule has 1 aliphatic heterocycles. The normalized spacial score (nSPS) is 16.8. The smallest absolute Gasteiger partial charge is 0.174 e. The fraction of sp³-hybridized carbons (Fsp3) is 0.235. The Labute approximate surface area is 153 Å². The lowest BCUT2D eigenvalue weighted by molar-refractivity contribution is 0.414. The number of benzene rings is 2. The number of anilines is 1. The van der Waals surface area contributed by atoms with Crippen LogP contribution < -0.4 is 10.1 Å². The van der Waals surface area contributed by atoms with Gasteiger partial charge in [-0.05, 0) is 36.5 Å². The average molecular weight is 384 g/mol. The number of hydrogen-bond acceptors (Lipinski definition) is 3. The molecule has 2 aromatic carbocycles. The van der Waals surface area contributed by atoms with Crippen LogP contribution in [0.15, 0.2) is 36.4 Å². The van der Waals surface area contributed by atoms with E-state index in [-0.39, 0.29) is 5.56 Å². The number of nitrogens with one attached hydrogen (secondary N) is 1. The Balaban J connectivity index is 1.80. The molecule has 1 heterocycles. The first-order chi connectivity index (χ1) is 12.0. The largest absolute Gasteiger partial charge is 0.497 e. The molecule has 0 aromatic heterocycles. The number of nitrogens with zero attached hydrogens (tertiary/aromatic N) is 1. The van der Waals surface area contributed by atoms with Gasteiger partial charge in [-0.3, -0.25) is 0 Å². The molecule has 8 heteroatoms. The number of thiocarbonyl (C=S) groups is 1. The van der Waals surface area contributed by atoms with Gasteiger partial charge in [0.2, 0.25) is 0 Å². The highest BCUT2D eigenvalue weighted by Gasteiger charge is 2.33. The van der Waals surface area contributed by atoms with E-state index in [1.807, 2.05) is 0 Å². The van der Waals surface area contributed by atoms with E-state index in [0.29, 0.717) is 35.3 Å². The molecule has 0 bridgehead atoms. The van der Waals surface area contributed by atoms with E-state index >= 15 is 0 Å². The maximum absolute atomic E-state index is 14.1. The SMILES string of the molecule is COc1ccc(NC(=S)N2CCSC2c2c(F)cc(F)cc2F)cc1. The molecule has 1 aliphatic rings. The van der Waals surface area contributed by atoms with Crippen LogP contribution in [0.4, 0.5) is 18.9 Å². The molecular weight excluding hydrogens is 369 g/mol. The fourth-order valence-electron chi connectivity index (χ4n) is 2.58. The molecule has 1 saturated heterocycles. The molecule has 1 fully saturated rings. The third kappa shape index (κ3) is 3.85. The van der Waals surface area contributed by atoms with Gasteiger partial charge in [0.1, 0.15) is 28.6 Å². The van der Waals surface area contributed by atoms with Crippen molar-refractivity contribution in [3.63, 3.8) is 0 Å². The van der Waals surface area contributed by atoms with E-state index in [9.17, 15) is 13.2 Å². The Morgan fingerprint density at radius 2 is 1.84 bits per heavy atom. The zero-order valence-corrected chi connectivity index (χ0v) is 14.9. The number of ether oxygens (including phenoxy) is 1. The zero-order valence-electron chi connectivity index (χ0n) is 13.3. The second-order valence-corrected chi connectivity index (χ2v) is 6.93. The number of hydrogen-bond donors (Lipinski definition) is 1. The maximum Gasteiger partial charge on any atom is 0.174 e. The van der Waals surface area contributed by atoms with Gasteiger partial charge in [-0.2, -0.15) is 0 Å². The zero-order chi connectivity index (χ0) is 18.0. The molecule has 3 rings (SSSR count). The van der Waals surface area contributed by atoms with Crippen molar-refractivity contribution >= 4 is 34.8 Å². The van der Waals surface area contributed by atoms with Gasteiger partial charge >= 0.3 is 0 Å². The first-order valence-electron chi connectivity index (χ1n) is 7.47. The first kappa shape index (κ1) is 17.9. The fourth-order valence-corrected chi connectivity index (χ4v) is 4.27. The quantitative estimate of drug-likeness (QED) is 0.783. The van der Waals surface area contributed by atoms with E-state index in [4.69, 9.17) is 17.0 Å². The number of rotatable bonds is 3. The van der Waals surface area contributed by atoms with Gasteiger partial charge < -0.3 is 15.0 Å². The molecular formula is C17H15F3N2OS2. The van der Waals surface area contributed by atoms with Crippen LogP contribution in [0.3, 0.4) is 0 Å². The summed E-state index contributed by atoms with van der Waals surface area (Å²) >= 11 is 6.76. The van der Waals surface area contributed by atoms with Crippen molar-refractivity contribution in [1.82, 2.24) is 4.90 Å². The van der Waals surface area contributed by atoms with Gasteiger partial charge in [0.25, 0.3) is 0 Å². The van der Waals surface area contributed by atoms with Crippen molar-refractivity contribution < 1.29 is 17.9 Å². The Hall–Kier alpha value is -1.93. The summed E-state index contributed by atoms with van der Waals surface area (Å²) in [6.07, 6.45) is 0. The summed E-state index contributed by atoms with van der Waals surface area (Å²) in [5, 5.41) is 2.77. The van der Waals surface area contributed by atoms with Crippen LogP contribution >= 0.6 is 24.0 Å². The summed E-state index contributed by atoms with van der Waals surface area (Å²) in [5.74, 6) is -1.39. The Morgan fingerprint density at radius 1 is 1.20 bits per heavy atom. The predicted molar refractivity (Wildman–Crippen MR) is 97.4 cm³/mol. The minimum atomic E-state index is -0.938. The standard InChI is InChI=1S/C17H15F3N2OS2/c1-23-12-4-2-11(3-5-12)21-17(24)22-6-7-25-16(22)15-13(19)8-10(18)9-14(15)20/h2-5,8-9,16H,6-7H2,1H3,(H,21,24). The van der Waals surface area contributed by atoms with Crippen LogP contribution in [-0.2, 0) is 0 Å². The third-order valence-corrected chi connectivity index (χ3v) is 5.34. The van der Waals surface area contributed by atoms with Gasteiger partial charge in [0.05, 0.1) is 12.7 Å². The first-order valence-corrected chi connectivity index (χ1v) is 8.93. The second-order valence-electron chi connectivity index (χ2n) is 5.36. The number of methoxy groups -OCH3 is 1. The van der Waals surface area contributed by atoms with E-state index in [1.165, 1.54) is 11.8 Å². The van der Waals surface area contributed by atoms with E-state index in [1.54, 1.807) is 36.3 Å². The van der Waals surface area contributed by atoms with Crippen LogP contribution in [0.1, 0.15) is 10.9 Å². The van der Waals surface area contributed by atoms with Crippen LogP contribution in [0.5, 0.6) is 5.75 Å². The monoisotopic (exact) mass is 384 g/mol. The van der Waals surface area contributed by atoms with Crippen molar-refractivity contribution in [1.29, 1.82) is 0 Å². The Morgan fingerprint density at radius 3 is 2.44 bits per heavy atom. The van der Waals surface area contributed by atoms with Crippen molar-refractivity contribution in [3.05, 3.63) is 59.4 Å². The molecule has 3 nitrogen and oxygen atoms in total. The summed E-state index contributed by atoms with van der Waals surface area (Å²) in [7, 11) is 1.57. The van der Waals surface area contributed by atoms with Gasteiger partial charge in [0, 0.05) is 30.1 Å². The molecule has 0 saturated carbocycles. The molecule has 1 atom stereocenters. The lowest BCUT2D eigenvalue weighted by atomic mass is 10.1.